The molecule has 388 valence electrons. The molecule has 2 atom stereocenters. The summed E-state index contributed by atoms with van der Waals surface area (Å²) in [6.45, 7) is 33.3. The van der Waals surface area contributed by atoms with E-state index < -0.39 is 0 Å². The Hall–Kier alpha value is -6.98. The quantitative estimate of drug-likeness (QED) is 0.164. The zero-order valence-corrected chi connectivity index (χ0v) is 48.2. The third kappa shape index (κ3) is 7.52. The third-order valence-corrected chi connectivity index (χ3v) is 18.8. The van der Waals surface area contributed by atoms with Crippen LogP contribution in [-0.4, -0.2) is 12.3 Å². The van der Waals surface area contributed by atoms with E-state index in [4.69, 9.17) is 4.42 Å². The predicted molar refractivity (Wildman–Crippen MR) is 331 cm³/mol. The van der Waals surface area contributed by atoms with E-state index in [9.17, 15) is 0 Å². The zero-order chi connectivity index (χ0) is 53.9. The summed E-state index contributed by atoms with van der Waals surface area (Å²) in [5.74, 6) is 0. The highest BCUT2D eigenvalue weighted by Gasteiger charge is 2.58. The monoisotopic (exact) mass is 1010 g/mol. The third-order valence-electron chi connectivity index (χ3n) is 18.8. The first-order chi connectivity index (χ1) is 36.4. The number of fused-ring (bicyclic) bond motifs is 10. The molecule has 1 fully saturated rings. The molecule has 8 aromatic carbocycles. The van der Waals surface area contributed by atoms with Crippen molar-refractivity contribution in [2.75, 3.05) is 14.7 Å². The van der Waals surface area contributed by atoms with Crippen molar-refractivity contribution >= 4 is 90.5 Å². The van der Waals surface area contributed by atoms with Gasteiger partial charge < -0.3 is 19.1 Å². The molecule has 3 aliphatic heterocycles. The van der Waals surface area contributed by atoms with Crippen LogP contribution in [0.3, 0.4) is 0 Å². The minimum atomic E-state index is -0.184. The van der Waals surface area contributed by atoms with E-state index in [-0.39, 0.29) is 39.3 Å². The highest BCUT2D eigenvalue weighted by Crippen LogP contribution is 2.62. The zero-order valence-electron chi connectivity index (χ0n) is 48.2. The van der Waals surface area contributed by atoms with Gasteiger partial charge in [0.1, 0.15) is 11.2 Å². The molecule has 0 N–H and O–H groups in total. The molecule has 0 bridgehead atoms. The number of para-hydroxylation sites is 1. The lowest BCUT2D eigenvalue weighted by molar-refractivity contribution is 0.195. The molecule has 77 heavy (non-hydrogen) atoms. The van der Waals surface area contributed by atoms with Crippen molar-refractivity contribution in [3.8, 4) is 11.1 Å². The van der Waals surface area contributed by atoms with Crippen molar-refractivity contribution in [1.29, 1.82) is 0 Å². The van der Waals surface area contributed by atoms with Crippen LogP contribution in [0.5, 0.6) is 0 Å². The molecule has 1 aromatic heterocycles. The molecule has 1 aliphatic carbocycles. The van der Waals surface area contributed by atoms with E-state index in [0.29, 0.717) is 0 Å². The van der Waals surface area contributed by atoms with Gasteiger partial charge >= 0.3 is 0 Å². The van der Waals surface area contributed by atoms with Crippen LogP contribution in [0.1, 0.15) is 150 Å². The Kier molecular flexibility index (Phi) is 10.8. The average Bonchev–Trinajstić information content (AvgIpc) is 3.79. The smallest absolute Gasteiger partial charge is 0.252 e. The van der Waals surface area contributed by atoms with Crippen LogP contribution >= 0.6 is 0 Å². The topological polar surface area (TPSA) is 22.9 Å². The van der Waals surface area contributed by atoms with Gasteiger partial charge in [-0.15, -0.1) is 0 Å². The molecule has 1 saturated carbocycles. The Morgan fingerprint density at radius 3 is 1.74 bits per heavy atom. The molecule has 9 aromatic rings. The summed E-state index contributed by atoms with van der Waals surface area (Å²) in [7, 11) is 0. The first-order valence-electron chi connectivity index (χ1n) is 28.6. The summed E-state index contributed by atoms with van der Waals surface area (Å²) in [4.78, 5) is 8.15. The molecule has 0 radical (unpaired) electrons. The SMILES string of the molecule is CC(C)(C)c1cccc(N2c3cc(C(C)(C)C)ccc3B3c4cc5oc6ccccc6c5cc4N(c4ccc(C(C)(C)C)cc4-c4ccccc4)c4cc(N5c6ccc(C(C)(C)C)cc6C6(C)CCCCC56C)cc2c43)c1. The van der Waals surface area contributed by atoms with Crippen molar-refractivity contribution in [2.45, 2.75) is 155 Å². The van der Waals surface area contributed by atoms with Gasteiger partial charge in [0.25, 0.3) is 6.71 Å². The van der Waals surface area contributed by atoms with E-state index in [2.05, 4.69) is 269 Å². The van der Waals surface area contributed by atoms with Crippen LogP contribution in [-0.2, 0) is 27.1 Å². The lowest BCUT2D eigenvalue weighted by atomic mass is 9.33. The molecular weight excluding hydrogens is 934 g/mol. The summed E-state index contributed by atoms with van der Waals surface area (Å²) >= 11 is 0. The second-order valence-corrected chi connectivity index (χ2v) is 27.8. The fourth-order valence-corrected chi connectivity index (χ4v) is 14.1. The molecule has 4 heterocycles. The molecule has 2 unspecified atom stereocenters. The standard InChI is InChI=1S/C72H76BN3O/c1-67(2,3)46-25-22-26-50(37-46)74-60-40-49(70(10,11)12)29-32-56(60)73-57-44-65-54(52-27-18-19-28-64(52)77-65)43-61(57)75(58-33-30-47(68(4,5)6)38-53(58)45-23-16-15-17-24-45)63-42-51(41-62(74)66(63)73)76-59-34-31-48(69(7,8)9)39-55(59)71(13)35-20-21-36-72(71,76)14/h15-19,22-34,37-44H,20-21,35-36H2,1-14H3. The maximum absolute atomic E-state index is 6.91. The van der Waals surface area contributed by atoms with E-state index in [1.807, 2.05) is 0 Å². The molecule has 4 nitrogen and oxygen atoms in total. The van der Waals surface area contributed by atoms with Gasteiger partial charge in [0.05, 0.1) is 11.2 Å². The van der Waals surface area contributed by atoms with Gasteiger partial charge in [0.2, 0.25) is 0 Å². The van der Waals surface area contributed by atoms with Crippen LogP contribution in [0, 0.1) is 0 Å². The fourth-order valence-electron chi connectivity index (χ4n) is 14.1. The number of anilines is 8. The number of hydrogen-bond donors (Lipinski definition) is 0. The highest BCUT2D eigenvalue weighted by molar-refractivity contribution is 7.00. The van der Waals surface area contributed by atoms with Crippen LogP contribution in [0.4, 0.5) is 45.5 Å². The maximum atomic E-state index is 6.91. The molecule has 0 amide bonds. The van der Waals surface area contributed by atoms with Crippen molar-refractivity contribution in [1.82, 2.24) is 0 Å². The van der Waals surface area contributed by atoms with E-state index in [1.165, 1.54) is 108 Å². The van der Waals surface area contributed by atoms with Crippen LogP contribution in [0.2, 0.25) is 0 Å². The van der Waals surface area contributed by atoms with Crippen molar-refractivity contribution < 1.29 is 4.42 Å². The second-order valence-electron chi connectivity index (χ2n) is 27.8. The Balaban J connectivity index is 1.21. The Morgan fingerprint density at radius 2 is 1.03 bits per heavy atom. The fraction of sp³-hybridized carbons (Fsp3) is 0.333. The summed E-state index contributed by atoms with van der Waals surface area (Å²) in [5.41, 5.74) is 24.3. The maximum Gasteiger partial charge on any atom is 0.252 e. The molecule has 0 spiro atoms. The van der Waals surface area contributed by atoms with Gasteiger partial charge in [-0.1, -0.05) is 194 Å². The first-order valence-corrected chi connectivity index (χ1v) is 28.6. The van der Waals surface area contributed by atoms with Gasteiger partial charge in [-0.25, -0.2) is 0 Å². The minimum absolute atomic E-state index is 0.0227. The first kappa shape index (κ1) is 49.6. The Labute approximate surface area is 459 Å². The number of benzene rings is 8. The van der Waals surface area contributed by atoms with Crippen LogP contribution in [0.15, 0.2) is 162 Å². The van der Waals surface area contributed by atoms with Gasteiger partial charge in [-0.05, 0) is 158 Å². The Bertz CT molecular complexity index is 3870. The van der Waals surface area contributed by atoms with Crippen molar-refractivity contribution in [3.05, 3.63) is 186 Å². The largest absolute Gasteiger partial charge is 0.456 e. The van der Waals surface area contributed by atoms with Crippen LogP contribution in [0.25, 0.3) is 33.1 Å². The minimum Gasteiger partial charge on any atom is -0.456 e. The van der Waals surface area contributed by atoms with Crippen LogP contribution < -0.4 is 31.1 Å². The normalized spacial score (nSPS) is 19.1. The average molecular weight is 1010 g/mol. The number of furan rings is 1. The number of hydrogen-bond acceptors (Lipinski definition) is 4. The molecule has 4 aliphatic rings. The van der Waals surface area contributed by atoms with Gasteiger partial charge in [-0.2, -0.15) is 0 Å². The van der Waals surface area contributed by atoms with Gasteiger partial charge in [0, 0.05) is 61.6 Å². The lowest BCUT2D eigenvalue weighted by Crippen LogP contribution is -2.61. The summed E-state index contributed by atoms with van der Waals surface area (Å²) in [6.07, 6.45) is 4.70. The van der Waals surface area contributed by atoms with E-state index in [0.717, 1.165) is 40.5 Å². The van der Waals surface area contributed by atoms with Gasteiger partial charge in [0.15, 0.2) is 0 Å². The predicted octanol–water partition coefficient (Wildman–Crippen LogP) is 18.3. The highest BCUT2D eigenvalue weighted by atomic mass is 16.3. The summed E-state index contributed by atoms with van der Waals surface area (Å²) in [5, 5.41) is 2.26. The Morgan fingerprint density at radius 1 is 0.429 bits per heavy atom. The molecule has 0 saturated heterocycles. The molecule has 5 heteroatoms. The van der Waals surface area contributed by atoms with Crippen molar-refractivity contribution in [2.24, 2.45) is 0 Å². The van der Waals surface area contributed by atoms with Crippen molar-refractivity contribution in [3.63, 3.8) is 0 Å². The van der Waals surface area contributed by atoms with Gasteiger partial charge in [-0.3, -0.25) is 0 Å². The number of nitrogens with zero attached hydrogens (tertiary/aromatic N) is 3. The lowest BCUT2D eigenvalue weighted by Gasteiger charge is -2.51. The second kappa shape index (κ2) is 16.8. The molecule has 13 rings (SSSR count). The van der Waals surface area contributed by atoms with E-state index in [1.54, 1.807) is 0 Å². The molecular formula is C72H76BN3O. The van der Waals surface area contributed by atoms with E-state index >= 15 is 0 Å². The summed E-state index contributed by atoms with van der Waals surface area (Å²) < 4.78 is 6.91. The number of rotatable bonds is 4. The summed E-state index contributed by atoms with van der Waals surface area (Å²) in [6, 6.07) is 61.4.